The van der Waals surface area contributed by atoms with E-state index in [1.54, 1.807) is 5.09 Å². The van der Waals surface area contributed by atoms with Crippen LogP contribution in [0.4, 0.5) is 5.82 Å². The highest BCUT2D eigenvalue weighted by molar-refractivity contribution is 7.54. The Balaban J connectivity index is 1.39. The third-order valence-corrected chi connectivity index (χ3v) is 9.07. The number of nitrogens with zero attached hydrogens (tertiary/aromatic N) is 4. The molecule has 0 aliphatic carbocycles. The second-order valence-corrected chi connectivity index (χ2v) is 13.9. The van der Waals surface area contributed by atoms with Crippen molar-refractivity contribution >= 4 is 38.4 Å². The van der Waals surface area contributed by atoms with Gasteiger partial charge in [0.25, 0.3) is 5.91 Å². The molecule has 0 saturated carbocycles. The molecule has 0 spiro atoms. The van der Waals surface area contributed by atoms with Crippen molar-refractivity contribution < 1.29 is 78.0 Å². The summed E-state index contributed by atoms with van der Waals surface area (Å²) in [5.41, 5.74) is -0.123. The van der Waals surface area contributed by atoms with Gasteiger partial charge in [0, 0.05) is 6.42 Å². The molecular weight excluding hydrogens is 666 g/mol. The topological polar surface area (TPSA) is 338 Å². The molecule has 3 unspecified atom stereocenters. The lowest BCUT2D eigenvalue weighted by Gasteiger charge is -2.22. The molecule has 0 aromatic carbocycles. The average molecular weight is 703 g/mol. The first-order valence-corrected chi connectivity index (χ1v) is 16.9. The Bertz CT molecular complexity index is 1470. The van der Waals surface area contributed by atoms with Gasteiger partial charge in [0.15, 0.2) is 35.6 Å². The van der Waals surface area contributed by atoms with Crippen LogP contribution >= 0.6 is 15.5 Å². The van der Waals surface area contributed by atoms with Crippen molar-refractivity contribution in [2.24, 2.45) is 5.92 Å². The number of nitrogens with one attached hydrogen (secondary N) is 2. The van der Waals surface area contributed by atoms with Crippen LogP contribution < -0.4 is 10.2 Å². The number of anilines is 1. The van der Waals surface area contributed by atoms with Gasteiger partial charge in [-0.25, -0.2) is 24.1 Å². The number of aliphatic hydroxyl groups excluding tert-OH is 7. The molecule has 1 amide bonds. The molecule has 260 valence electrons. The highest BCUT2D eigenvalue weighted by Crippen LogP contribution is 2.46. The van der Waals surface area contributed by atoms with Crippen molar-refractivity contribution in [1.29, 1.82) is 0 Å². The van der Waals surface area contributed by atoms with Gasteiger partial charge < -0.3 is 55.0 Å². The first kappa shape index (κ1) is 36.6. The number of amides is 1. The van der Waals surface area contributed by atoms with E-state index in [-0.39, 0.29) is 23.4 Å². The van der Waals surface area contributed by atoms with E-state index in [0.717, 1.165) is 12.7 Å². The molecular formula is C22H36N6O16P2. The van der Waals surface area contributed by atoms with Crippen LogP contribution in [0.15, 0.2) is 12.7 Å². The highest BCUT2D eigenvalue weighted by Gasteiger charge is 2.49. The van der Waals surface area contributed by atoms with Gasteiger partial charge in [0.05, 0.1) is 31.7 Å². The number of hydrogen-bond acceptors (Lipinski definition) is 17. The molecule has 11 N–H and O–H groups in total. The maximum atomic E-state index is 12.8. The number of carbonyl (C=O) groups excluding carboxylic acids is 1. The second kappa shape index (κ2) is 14.5. The van der Waals surface area contributed by atoms with E-state index in [1.165, 1.54) is 18.4 Å². The summed E-state index contributed by atoms with van der Waals surface area (Å²) in [6.45, 7) is 1.62. The van der Waals surface area contributed by atoms with E-state index in [0.29, 0.717) is 0 Å². The third-order valence-electron chi connectivity index (χ3n) is 7.08. The molecule has 2 saturated heterocycles. The van der Waals surface area contributed by atoms with Crippen molar-refractivity contribution in [2.45, 2.75) is 81.6 Å². The largest absolute Gasteiger partial charge is 0.433 e. The fourth-order valence-electron chi connectivity index (χ4n) is 4.63. The molecule has 2 aromatic heterocycles. The smallest absolute Gasteiger partial charge is 0.394 e. The lowest BCUT2D eigenvalue weighted by Crippen LogP contribution is -2.43. The minimum Gasteiger partial charge on any atom is -0.394 e. The monoisotopic (exact) mass is 702 g/mol. The fraction of sp³-hybridized carbons (Fsp3) is 0.727. The zero-order valence-corrected chi connectivity index (χ0v) is 26.0. The number of rotatable bonds is 14. The molecule has 2 aliphatic rings. The molecule has 12 atom stereocenters. The van der Waals surface area contributed by atoms with Crippen molar-refractivity contribution in [3.63, 3.8) is 0 Å². The minimum absolute atomic E-state index is 0.0142. The second-order valence-electron chi connectivity index (χ2n) is 10.9. The molecule has 2 fully saturated rings. The van der Waals surface area contributed by atoms with Crippen LogP contribution in [0.2, 0.25) is 0 Å². The van der Waals surface area contributed by atoms with Crippen LogP contribution in [-0.2, 0) is 32.4 Å². The Kier molecular flexibility index (Phi) is 11.5. The Hall–Kier alpha value is -2.24. The van der Waals surface area contributed by atoms with E-state index in [4.69, 9.17) is 23.6 Å². The van der Waals surface area contributed by atoms with Crippen LogP contribution in [0.1, 0.15) is 26.5 Å². The number of aliphatic hydroxyl groups is 7. The van der Waals surface area contributed by atoms with Crippen molar-refractivity contribution in [1.82, 2.24) is 24.6 Å². The van der Waals surface area contributed by atoms with Gasteiger partial charge in [-0.05, 0) is 5.92 Å². The number of ether oxygens (including phenoxy) is 2. The van der Waals surface area contributed by atoms with E-state index in [2.05, 4.69) is 20.0 Å². The zero-order valence-electron chi connectivity index (χ0n) is 24.2. The van der Waals surface area contributed by atoms with Crippen LogP contribution in [0.25, 0.3) is 11.2 Å². The molecule has 2 aromatic rings. The minimum atomic E-state index is -4.92. The maximum Gasteiger partial charge on any atom is 0.433 e. The van der Waals surface area contributed by atoms with Crippen LogP contribution in [0.5, 0.6) is 0 Å². The Morgan fingerprint density at radius 3 is 2.43 bits per heavy atom. The summed E-state index contributed by atoms with van der Waals surface area (Å²) in [4.78, 5) is 44.4. The van der Waals surface area contributed by atoms with Gasteiger partial charge in [-0.2, -0.15) is 0 Å². The van der Waals surface area contributed by atoms with E-state index in [9.17, 15) is 54.4 Å². The normalized spacial score (nSPS) is 31.3. The third kappa shape index (κ3) is 8.24. The van der Waals surface area contributed by atoms with Crippen molar-refractivity contribution in [3.8, 4) is 0 Å². The summed E-state index contributed by atoms with van der Waals surface area (Å²) in [6.07, 6.45) is -13.5. The standard InChI is InChI=1S/C22H36N6O16P2/c1-8(2)13(32)15(34)20(36)27-45(37,38)41-5-9-3-10(30)21(42-9)28-7-25-12-18(23-6-24-19(12)28)26-46(39,40)44-22-16(35)14(33)17(43-22)11(31)4-29/h6-11,13-17,21-22,29-35H,3-5H2,1-2H3,(H2,27,36,37,38)(H2,23,24,26,39,40)/t9-,10-,11+,13+,14+,15-,16+,17-,21+,22?/m0/s1. The molecule has 2 aliphatic heterocycles. The van der Waals surface area contributed by atoms with Gasteiger partial charge in [0.1, 0.15) is 36.8 Å². The fourth-order valence-corrected chi connectivity index (χ4v) is 6.41. The summed E-state index contributed by atoms with van der Waals surface area (Å²) in [5.74, 6) is -2.21. The molecule has 0 bridgehead atoms. The summed E-state index contributed by atoms with van der Waals surface area (Å²) < 4.78 is 47.0. The number of fused-ring (bicyclic) bond motifs is 1. The number of carbonyl (C=O) groups is 1. The number of imidazole rings is 1. The quantitative estimate of drug-likeness (QED) is 0.0847. The van der Waals surface area contributed by atoms with Crippen molar-refractivity contribution in [3.05, 3.63) is 12.7 Å². The summed E-state index contributed by atoms with van der Waals surface area (Å²) >= 11 is 0. The lowest BCUT2D eigenvalue weighted by atomic mass is 10.0. The zero-order chi connectivity index (χ0) is 34.1. The van der Waals surface area contributed by atoms with Gasteiger partial charge in [-0.3, -0.25) is 28.6 Å². The summed E-state index contributed by atoms with van der Waals surface area (Å²) in [6, 6.07) is 0. The van der Waals surface area contributed by atoms with E-state index in [1.807, 2.05) is 0 Å². The van der Waals surface area contributed by atoms with Crippen LogP contribution in [0.3, 0.4) is 0 Å². The first-order chi connectivity index (χ1) is 21.4. The molecule has 24 heteroatoms. The Labute approximate surface area is 259 Å². The van der Waals surface area contributed by atoms with E-state index >= 15 is 0 Å². The molecule has 0 radical (unpaired) electrons. The Morgan fingerprint density at radius 2 is 1.78 bits per heavy atom. The van der Waals surface area contributed by atoms with E-state index < -0.39 is 102 Å². The molecule has 4 rings (SSSR count). The van der Waals surface area contributed by atoms with Gasteiger partial charge in [0.2, 0.25) is 0 Å². The van der Waals surface area contributed by atoms with Gasteiger partial charge >= 0.3 is 15.5 Å². The Morgan fingerprint density at radius 1 is 1.09 bits per heavy atom. The number of hydrogen-bond donors (Lipinski definition) is 11. The SMILES string of the molecule is CC(C)[C@@H](O)[C@H](O)C(=O)NP(=O)(O)OC[C@@H]1C[C@H](O)[C@H](n2cnc3c(NP(=O)(O)OC4O[C@@H]([C@H](O)CO)[C@H](O)[C@H]4O)ncnc32)O1. The molecule has 22 nitrogen and oxygen atoms in total. The lowest BCUT2D eigenvalue weighted by molar-refractivity contribution is -0.139. The predicted molar refractivity (Wildman–Crippen MR) is 149 cm³/mol. The summed E-state index contributed by atoms with van der Waals surface area (Å²) in [5, 5.41) is 73.0. The molecule has 4 heterocycles. The van der Waals surface area contributed by atoms with Crippen LogP contribution in [-0.4, -0.2) is 139 Å². The summed E-state index contributed by atoms with van der Waals surface area (Å²) in [7, 11) is -9.75. The van der Waals surface area contributed by atoms with Gasteiger partial charge in [-0.15, -0.1) is 0 Å². The number of aromatic nitrogens is 4. The highest BCUT2D eigenvalue weighted by atomic mass is 31.2. The van der Waals surface area contributed by atoms with Crippen molar-refractivity contribution in [2.75, 3.05) is 18.3 Å². The molecule has 46 heavy (non-hydrogen) atoms. The first-order valence-electron chi connectivity index (χ1n) is 13.7. The van der Waals surface area contributed by atoms with Crippen LogP contribution in [0, 0.1) is 5.92 Å². The average Bonchev–Trinajstić information content (AvgIpc) is 3.66. The predicted octanol–water partition coefficient (Wildman–Crippen LogP) is -3.59. The maximum absolute atomic E-state index is 12.8. The van der Waals surface area contributed by atoms with Gasteiger partial charge in [-0.1, -0.05) is 13.8 Å².